The fourth-order valence-electron chi connectivity index (χ4n) is 2.35. The van der Waals surface area contributed by atoms with Crippen LogP contribution in [0.15, 0.2) is 42.5 Å². The summed E-state index contributed by atoms with van der Waals surface area (Å²) in [6, 6.07) is 10.5. The summed E-state index contributed by atoms with van der Waals surface area (Å²) >= 11 is 6.00. The summed E-state index contributed by atoms with van der Waals surface area (Å²) in [5, 5.41) is 13.4. The molecule has 2 aromatic carbocycles. The molecule has 0 aliphatic carbocycles. The summed E-state index contributed by atoms with van der Waals surface area (Å²) in [7, 11) is 0. The SMILES string of the molecule is O=C1CN(C(=O)c2ccc([N+](=O)[O-])cc2Cl)c2ccccc2N1. The Labute approximate surface area is 135 Å². The molecule has 1 heterocycles. The number of nitrogens with one attached hydrogen (secondary N) is 1. The number of nitro benzene ring substituents is 1. The van der Waals surface area contributed by atoms with Crippen LogP contribution in [-0.2, 0) is 4.79 Å². The molecule has 0 bridgehead atoms. The van der Waals surface area contributed by atoms with E-state index in [1.807, 2.05) is 0 Å². The second-order valence-corrected chi connectivity index (χ2v) is 5.29. The van der Waals surface area contributed by atoms with Crippen LogP contribution in [0.4, 0.5) is 17.1 Å². The van der Waals surface area contributed by atoms with E-state index >= 15 is 0 Å². The van der Waals surface area contributed by atoms with E-state index < -0.39 is 10.8 Å². The van der Waals surface area contributed by atoms with E-state index in [-0.39, 0.29) is 28.7 Å². The fourth-order valence-corrected chi connectivity index (χ4v) is 2.61. The van der Waals surface area contributed by atoms with Gasteiger partial charge in [0.1, 0.15) is 6.54 Å². The largest absolute Gasteiger partial charge is 0.323 e. The van der Waals surface area contributed by atoms with Crippen LogP contribution in [0, 0.1) is 10.1 Å². The van der Waals surface area contributed by atoms with E-state index in [1.165, 1.54) is 17.0 Å². The zero-order chi connectivity index (χ0) is 16.6. The number of non-ortho nitro benzene ring substituents is 1. The number of halogens is 1. The zero-order valence-electron chi connectivity index (χ0n) is 11.7. The van der Waals surface area contributed by atoms with Gasteiger partial charge in [0, 0.05) is 12.1 Å². The molecule has 3 rings (SSSR count). The van der Waals surface area contributed by atoms with Gasteiger partial charge < -0.3 is 5.32 Å². The highest BCUT2D eigenvalue weighted by molar-refractivity contribution is 6.35. The normalized spacial score (nSPS) is 13.3. The maximum atomic E-state index is 12.7. The highest BCUT2D eigenvalue weighted by Gasteiger charge is 2.29. The maximum Gasteiger partial charge on any atom is 0.270 e. The molecule has 0 saturated heterocycles. The number of para-hydroxylation sites is 2. The number of benzene rings is 2. The number of amides is 2. The predicted molar refractivity (Wildman–Crippen MR) is 84.9 cm³/mol. The van der Waals surface area contributed by atoms with Gasteiger partial charge >= 0.3 is 0 Å². The summed E-state index contributed by atoms with van der Waals surface area (Å²) < 4.78 is 0. The lowest BCUT2D eigenvalue weighted by Crippen LogP contribution is -2.42. The molecule has 1 aliphatic rings. The number of anilines is 2. The summed E-state index contributed by atoms with van der Waals surface area (Å²) in [5.74, 6) is -0.817. The van der Waals surface area contributed by atoms with Gasteiger partial charge in [-0.2, -0.15) is 0 Å². The van der Waals surface area contributed by atoms with E-state index in [4.69, 9.17) is 11.6 Å². The van der Waals surface area contributed by atoms with Gasteiger partial charge in [-0.1, -0.05) is 23.7 Å². The average molecular weight is 332 g/mol. The van der Waals surface area contributed by atoms with E-state index in [0.717, 1.165) is 6.07 Å². The molecule has 0 atom stereocenters. The molecular weight excluding hydrogens is 322 g/mol. The van der Waals surface area contributed by atoms with Crippen LogP contribution in [0.5, 0.6) is 0 Å². The quantitative estimate of drug-likeness (QED) is 0.676. The van der Waals surface area contributed by atoms with Crippen LogP contribution < -0.4 is 10.2 Å². The Morgan fingerprint density at radius 1 is 1.26 bits per heavy atom. The van der Waals surface area contributed by atoms with Crippen molar-refractivity contribution in [2.24, 2.45) is 0 Å². The summed E-state index contributed by atoms with van der Waals surface area (Å²) in [6.45, 7) is -0.150. The molecule has 0 saturated carbocycles. The van der Waals surface area contributed by atoms with Crippen molar-refractivity contribution in [2.45, 2.75) is 0 Å². The molecule has 1 aliphatic heterocycles. The monoisotopic (exact) mass is 331 g/mol. The number of carbonyl (C=O) groups is 2. The van der Waals surface area contributed by atoms with Crippen molar-refractivity contribution in [3.63, 3.8) is 0 Å². The van der Waals surface area contributed by atoms with Crippen molar-refractivity contribution >= 4 is 40.5 Å². The van der Waals surface area contributed by atoms with Gasteiger partial charge in [0.2, 0.25) is 5.91 Å². The first-order valence-corrected chi connectivity index (χ1v) is 7.00. The van der Waals surface area contributed by atoms with Crippen LogP contribution in [0.2, 0.25) is 5.02 Å². The van der Waals surface area contributed by atoms with Gasteiger partial charge in [-0.15, -0.1) is 0 Å². The minimum absolute atomic E-state index is 0.0346. The molecule has 7 nitrogen and oxygen atoms in total. The maximum absolute atomic E-state index is 12.7. The molecule has 0 radical (unpaired) electrons. The van der Waals surface area contributed by atoms with Crippen molar-refractivity contribution in [1.82, 2.24) is 0 Å². The van der Waals surface area contributed by atoms with Gasteiger partial charge in [0.15, 0.2) is 0 Å². The molecular formula is C15H10ClN3O4. The van der Waals surface area contributed by atoms with Crippen molar-refractivity contribution in [3.8, 4) is 0 Å². The van der Waals surface area contributed by atoms with Gasteiger partial charge in [-0.3, -0.25) is 24.6 Å². The smallest absolute Gasteiger partial charge is 0.270 e. The molecule has 0 aromatic heterocycles. The molecule has 1 N–H and O–H groups in total. The first-order valence-electron chi connectivity index (χ1n) is 6.62. The summed E-state index contributed by atoms with van der Waals surface area (Å²) in [6.07, 6.45) is 0. The molecule has 0 spiro atoms. The highest BCUT2D eigenvalue weighted by atomic mass is 35.5. The number of hydrogen-bond acceptors (Lipinski definition) is 4. The van der Waals surface area contributed by atoms with Crippen molar-refractivity contribution in [2.75, 3.05) is 16.8 Å². The van der Waals surface area contributed by atoms with E-state index in [0.29, 0.717) is 11.4 Å². The number of rotatable bonds is 2. The molecule has 0 fully saturated rings. The zero-order valence-corrected chi connectivity index (χ0v) is 12.4. The number of carbonyl (C=O) groups excluding carboxylic acids is 2. The molecule has 23 heavy (non-hydrogen) atoms. The molecule has 0 unspecified atom stereocenters. The Bertz CT molecular complexity index is 837. The van der Waals surface area contributed by atoms with E-state index in [1.54, 1.807) is 24.3 Å². The number of hydrogen-bond donors (Lipinski definition) is 1. The summed E-state index contributed by atoms with van der Waals surface area (Å²) in [5.41, 5.74) is 0.965. The number of fused-ring (bicyclic) bond motifs is 1. The standard InChI is InChI=1S/C15H10ClN3O4/c16-11-7-9(19(22)23)5-6-10(11)15(21)18-8-14(20)17-12-3-1-2-4-13(12)18/h1-7H,8H2,(H,17,20). The first kappa shape index (κ1) is 15.0. The second-order valence-electron chi connectivity index (χ2n) is 4.88. The topological polar surface area (TPSA) is 92.5 Å². The van der Waals surface area contributed by atoms with E-state index in [9.17, 15) is 19.7 Å². The Balaban J connectivity index is 2.01. The average Bonchev–Trinajstić information content (AvgIpc) is 2.53. The molecule has 8 heteroatoms. The lowest BCUT2D eigenvalue weighted by atomic mass is 10.1. The Hall–Kier alpha value is -2.93. The minimum Gasteiger partial charge on any atom is -0.323 e. The lowest BCUT2D eigenvalue weighted by Gasteiger charge is -2.29. The predicted octanol–water partition coefficient (Wildman–Crippen LogP) is 2.85. The number of nitrogens with zero attached hydrogens (tertiary/aromatic N) is 2. The third-order valence-electron chi connectivity index (χ3n) is 3.41. The van der Waals surface area contributed by atoms with Gasteiger partial charge in [0.05, 0.1) is 26.9 Å². The first-order chi connectivity index (χ1) is 11.0. The third-order valence-corrected chi connectivity index (χ3v) is 3.72. The minimum atomic E-state index is -0.593. The second kappa shape index (κ2) is 5.69. The van der Waals surface area contributed by atoms with Crippen LogP contribution in [-0.4, -0.2) is 23.3 Å². The van der Waals surface area contributed by atoms with Crippen LogP contribution in [0.25, 0.3) is 0 Å². The molecule has 2 aromatic rings. The highest BCUT2D eigenvalue weighted by Crippen LogP contribution is 2.32. The Morgan fingerprint density at radius 3 is 2.70 bits per heavy atom. The van der Waals surface area contributed by atoms with Crippen molar-refractivity contribution in [3.05, 3.63) is 63.2 Å². The van der Waals surface area contributed by atoms with E-state index in [2.05, 4.69) is 5.32 Å². The van der Waals surface area contributed by atoms with Gasteiger partial charge in [0.25, 0.3) is 11.6 Å². The van der Waals surface area contributed by atoms with Crippen molar-refractivity contribution < 1.29 is 14.5 Å². The lowest BCUT2D eigenvalue weighted by molar-refractivity contribution is -0.384. The van der Waals surface area contributed by atoms with Crippen LogP contribution in [0.3, 0.4) is 0 Å². The fraction of sp³-hybridized carbons (Fsp3) is 0.0667. The molecule has 2 amide bonds. The van der Waals surface area contributed by atoms with Gasteiger partial charge in [-0.05, 0) is 18.2 Å². The molecule has 116 valence electrons. The summed E-state index contributed by atoms with van der Waals surface area (Å²) in [4.78, 5) is 35.9. The van der Waals surface area contributed by atoms with Crippen molar-refractivity contribution in [1.29, 1.82) is 0 Å². The third kappa shape index (κ3) is 2.74. The Kier molecular flexibility index (Phi) is 3.71. The van der Waals surface area contributed by atoms with Gasteiger partial charge in [-0.25, -0.2) is 0 Å². The van der Waals surface area contributed by atoms with Crippen LogP contribution >= 0.6 is 11.6 Å². The Morgan fingerprint density at radius 2 is 2.00 bits per heavy atom. The van der Waals surface area contributed by atoms with Crippen LogP contribution in [0.1, 0.15) is 10.4 Å². The number of nitro groups is 1.